The van der Waals surface area contributed by atoms with E-state index in [9.17, 15) is 0 Å². The number of rotatable bonds is 6. The second-order valence-electron chi connectivity index (χ2n) is 5.82. The third kappa shape index (κ3) is 3.05. The summed E-state index contributed by atoms with van der Waals surface area (Å²) < 4.78 is 7.58. The average molecular weight is 280 g/mol. The smallest absolute Gasteiger partial charge is 0.0673 e. The summed E-state index contributed by atoms with van der Waals surface area (Å²) in [6.45, 7) is 14.4. The van der Waals surface area contributed by atoms with E-state index in [-0.39, 0.29) is 11.6 Å². The maximum atomic E-state index is 5.49. The van der Waals surface area contributed by atoms with Gasteiger partial charge in [0.05, 0.1) is 24.9 Å². The molecular weight excluding hydrogens is 252 g/mol. The Morgan fingerprint density at radius 3 is 2.65 bits per heavy atom. The van der Waals surface area contributed by atoms with Gasteiger partial charge in [-0.3, -0.25) is 9.58 Å². The van der Waals surface area contributed by atoms with Crippen LogP contribution >= 0.6 is 0 Å². The number of likely N-dealkylation sites (N-methyl/N-ethyl adjacent to an activating group) is 1. The largest absolute Gasteiger partial charge is 0.379 e. The fourth-order valence-electron chi connectivity index (χ4n) is 3.09. The third-order valence-corrected chi connectivity index (χ3v) is 4.29. The van der Waals surface area contributed by atoms with E-state index in [1.165, 1.54) is 5.69 Å². The van der Waals surface area contributed by atoms with Gasteiger partial charge in [-0.2, -0.15) is 5.10 Å². The Labute approximate surface area is 122 Å². The summed E-state index contributed by atoms with van der Waals surface area (Å²) in [5.41, 5.74) is 1.30. The van der Waals surface area contributed by atoms with Crippen molar-refractivity contribution in [1.82, 2.24) is 20.0 Å². The first kappa shape index (κ1) is 15.5. The second kappa shape index (κ2) is 6.70. The second-order valence-corrected chi connectivity index (χ2v) is 5.82. The molecule has 5 heteroatoms. The lowest BCUT2D eigenvalue weighted by Gasteiger charge is -2.46. The Morgan fingerprint density at radius 1 is 1.35 bits per heavy atom. The lowest BCUT2D eigenvalue weighted by molar-refractivity contribution is -0.0246. The number of morpholine rings is 1. The molecule has 0 radical (unpaired) electrons. The van der Waals surface area contributed by atoms with Crippen LogP contribution in [0.3, 0.4) is 0 Å². The van der Waals surface area contributed by atoms with Crippen LogP contribution in [-0.4, -0.2) is 53.1 Å². The molecule has 2 heterocycles. The van der Waals surface area contributed by atoms with Crippen molar-refractivity contribution in [2.75, 3.05) is 32.8 Å². The normalized spacial score (nSPS) is 19.2. The van der Waals surface area contributed by atoms with Crippen LogP contribution in [0.1, 0.15) is 39.4 Å². The van der Waals surface area contributed by atoms with Crippen molar-refractivity contribution in [3.63, 3.8) is 0 Å². The van der Waals surface area contributed by atoms with Gasteiger partial charge >= 0.3 is 0 Å². The summed E-state index contributed by atoms with van der Waals surface area (Å²) in [6.07, 6.45) is 1.90. The summed E-state index contributed by atoms with van der Waals surface area (Å²) in [5.74, 6) is 0. The summed E-state index contributed by atoms with van der Waals surface area (Å²) >= 11 is 0. The molecule has 0 amide bonds. The monoisotopic (exact) mass is 280 g/mol. The highest BCUT2D eigenvalue weighted by molar-refractivity contribution is 5.14. The van der Waals surface area contributed by atoms with Crippen LogP contribution < -0.4 is 5.32 Å². The van der Waals surface area contributed by atoms with Crippen LogP contribution in [0.4, 0.5) is 0 Å². The van der Waals surface area contributed by atoms with Crippen molar-refractivity contribution in [2.45, 2.75) is 45.8 Å². The van der Waals surface area contributed by atoms with Crippen LogP contribution in [-0.2, 0) is 11.3 Å². The molecule has 1 aliphatic heterocycles. The quantitative estimate of drug-likeness (QED) is 0.860. The minimum Gasteiger partial charge on any atom is -0.379 e. The number of hydrogen-bond acceptors (Lipinski definition) is 4. The van der Waals surface area contributed by atoms with E-state index in [4.69, 9.17) is 4.74 Å². The molecule has 114 valence electrons. The maximum Gasteiger partial charge on any atom is 0.0673 e. The van der Waals surface area contributed by atoms with E-state index in [0.717, 1.165) is 39.4 Å². The maximum absolute atomic E-state index is 5.49. The fraction of sp³-hybridized carbons (Fsp3) is 0.800. The van der Waals surface area contributed by atoms with Gasteiger partial charge in [0.1, 0.15) is 0 Å². The van der Waals surface area contributed by atoms with Gasteiger partial charge in [0.25, 0.3) is 0 Å². The van der Waals surface area contributed by atoms with E-state index in [1.807, 2.05) is 6.20 Å². The van der Waals surface area contributed by atoms with E-state index in [2.05, 4.69) is 53.8 Å². The van der Waals surface area contributed by atoms with Gasteiger partial charge in [-0.05, 0) is 33.4 Å². The number of ether oxygens (including phenoxy) is 1. The van der Waals surface area contributed by atoms with Gasteiger partial charge < -0.3 is 10.1 Å². The van der Waals surface area contributed by atoms with E-state index >= 15 is 0 Å². The zero-order valence-electron chi connectivity index (χ0n) is 13.2. The van der Waals surface area contributed by atoms with Gasteiger partial charge in [0, 0.05) is 31.4 Å². The number of hydrogen-bond donors (Lipinski definition) is 1. The molecule has 1 N–H and O–H groups in total. The number of aromatic nitrogens is 2. The first-order valence-corrected chi connectivity index (χ1v) is 7.69. The molecule has 1 aliphatic rings. The first-order chi connectivity index (χ1) is 9.61. The molecule has 1 unspecified atom stereocenters. The summed E-state index contributed by atoms with van der Waals surface area (Å²) in [7, 11) is 0. The van der Waals surface area contributed by atoms with Gasteiger partial charge in [0.2, 0.25) is 0 Å². The Morgan fingerprint density at radius 2 is 2.05 bits per heavy atom. The molecule has 1 saturated heterocycles. The fourth-order valence-corrected chi connectivity index (χ4v) is 3.09. The van der Waals surface area contributed by atoms with Crippen molar-refractivity contribution in [3.8, 4) is 0 Å². The minimum atomic E-state index is 0.0345. The Kier molecular flexibility index (Phi) is 5.18. The molecule has 0 aliphatic carbocycles. The zero-order chi connectivity index (χ0) is 14.6. The minimum absolute atomic E-state index is 0.0345. The van der Waals surface area contributed by atoms with Crippen molar-refractivity contribution in [2.24, 2.45) is 0 Å². The highest BCUT2D eigenvalue weighted by Gasteiger charge is 2.38. The first-order valence-electron chi connectivity index (χ1n) is 7.69. The molecule has 0 spiro atoms. The topological polar surface area (TPSA) is 42.3 Å². The molecule has 1 aromatic heterocycles. The predicted octanol–water partition coefficient (Wildman–Crippen LogP) is 1.66. The Balaban J connectivity index is 2.26. The number of aryl methyl sites for hydroxylation is 1. The van der Waals surface area contributed by atoms with Gasteiger partial charge in [-0.1, -0.05) is 6.92 Å². The van der Waals surface area contributed by atoms with Crippen molar-refractivity contribution >= 4 is 0 Å². The molecule has 0 aromatic carbocycles. The van der Waals surface area contributed by atoms with E-state index in [1.54, 1.807) is 0 Å². The van der Waals surface area contributed by atoms with Crippen LogP contribution in [0.25, 0.3) is 0 Å². The molecular formula is C15H28N4O. The Bertz CT molecular complexity index is 410. The third-order valence-electron chi connectivity index (χ3n) is 4.29. The molecule has 1 aromatic rings. The molecule has 0 saturated carbocycles. The van der Waals surface area contributed by atoms with Crippen LogP contribution in [0.15, 0.2) is 12.3 Å². The number of nitrogens with one attached hydrogen (secondary N) is 1. The zero-order valence-corrected chi connectivity index (χ0v) is 13.2. The molecule has 1 atom stereocenters. The van der Waals surface area contributed by atoms with Crippen LogP contribution in [0.2, 0.25) is 0 Å². The molecule has 2 rings (SSSR count). The van der Waals surface area contributed by atoms with E-state index < -0.39 is 0 Å². The van der Waals surface area contributed by atoms with Gasteiger partial charge in [-0.25, -0.2) is 0 Å². The standard InChI is InChI=1S/C15H28N4O/c1-5-16-14(13-7-8-17-19(13)6-2)15(3,4)18-9-11-20-12-10-18/h7-8,14,16H,5-6,9-12H2,1-4H3. The average Bonchev–Trinajstić information content (AvgIpc) is 2.93. The summed E-state index contributed by atoms with van der Waals surface area (Å²) in [4.78, 5) is 2.52. The lowest BCUT2D eigenvalue weighted by Crippen LogP contribution is -2.56. The van der Waals surface area contributed by atoms with E-state index in [0.29, 0.717) is 0 Å². The highest BCUT2D eigenvalue weighted by atomic mass is 16.5. The van der Waals surface area contributed by atoms with Gasteiger partial charge in [0.15, 0.2) is 0 Å². The van der Waals surface area contributed by atoms with Crippen LogP contribution in [0, 0.1) is 0 Å². The van der Waals surface area contributed by atoms with Crippen molar-refractivity contribution in [1.29, 1.82) is 0 Å². The molecule has 20 heavy (non-hydrogen) atoms. The highest BCUT2D eigenvalue weighted by Crippen LogP contribution is 2.31. The summed E-state index contributed by atoms with van der Waals surface area (Å²) in [5, 5.41) is 8.08. The van der Waals surface area contributed by atoms with Crippen molar-refractivity contribution in [3.05, 3.63) is 18.0 Å². The Hall–Kier alpha value is -0.910. The van der Waals surface area contributed by atoms with Crippen molar-refractivity contribution < 1.29 is 4.74 Å². The molecule has 5 nitrogen and oxygen atoms in total. The SMILES string of the molecule is CCNC(c1ccnn1CC)C(C)(C)N1CCOCC1. The lowest BCUT2D eigenvalue weighted by atomic mass is 9.89. The molecule has 1 fully saturated rings. The summed E-state index contributed by atoms with van der Waals surface area (Å²) in [6, 6.07) is 2.41. The predicted molar refractivity (Wildman–Crippen MR) is 80.8 cm³/mol. The van der Waals surface area contributed by atoms with Crippen LogP contribution in [0.5, 0.6) is 0 Å². The molecule has 0 bridgehead atoms. The number of nitrogens with zero attached hydrogens (tertiary/aromatic N) is 3. The van der Waals surface area contributed by atoms with Gasteiger partial charge in [-0.15, -0.1) is 0 Å².